The predicted molar refractivity (Wildman–Crippen MR) is 70.9 cm³/mol. The van der Waals surface area contributed by atoms with Crippen molar-refractivity contribution in [3.8, 4) is 11.5 Å². The SMILES string of the molecule is CCC(=O)Oc1c(CSC(C)=O)cccc1OC. The fourth-order valence-corrected chi connectivity index (χ4v) is 1.90. The molecule has 0 aromatic heterocycles. The van der Waals surface area contributed by atoms with E-state index in [1.807, 2.05) is 6.07 Å². The van der Waals surface area contributed by atoms with Gasteiger partial charge < -0.3 is 9.47 Å². The van der Waals surface area contributed by atoms with Crippen molar-refractivity contribution in [3.63, 3.8) is 0 Å². The van der Waals surface area contributed by atoms with Gasteiger partial charge in [0.2, 0.25) is 0 Å². The van der Waals surface area contributed by atoms with E-state index in [-0.39, 0.29) is 17.5 Å². The molecule has 4 nitrogen and oxygen atoms in total. The number of para-hydroxylation sites is 1. The fourth-order valence-electron chi connectivity index (χ4n) is 1.32. The number of thioether (sulfide) groups is 1. The van der Waals surface area contributed by atoms with Gasteiger partial charge in [-0.25, -0.2) is 0 Å². The summed E-state index contributed by atoms with van der Waals surface area (Å²) < 4.78 is 10.4. The Morgan fingerprint density at radius 1 is 1.33 bits per heavy atom. The molecule has 0 aliphatic carbocycles. The minimum Gasteiger partial charge on any atom is -0.493 e. The first-order chi connectivity index (χ1) is 8.58. The van der Waals surface area contributed by atoms with E-state index >= 15 is 0 Å². The fraction of sp³-hybridized carbons (Fsp3) is 0.385. The van der Waals surface area contributed by atoms with Crippen LogP contribution in [-0.2, 0) is 15.3 Å². The van der Waals surface area contributed by atoms with Gasteiger partial charge in [-0.1, -0.05) is 30.8 Å². The van der Waals surface area contributed by atoms with E-state index in [2.05, 4.69) is 0 Å². The average molecular weight is 268 g/mol. The summed E-state index contributed by atoms with van der Waals surface area (Å²) in [7, 11) is 1.51. The van der Waals surface area contributed by atoms with Crippen molar-refractivity contribution in [1.82, 2.24) is 0 Å². The summed E-state index contributed by atoms with van der Waals surface area (Å²) in [4.78, 5) is 22.4. The third kappa shape index (κ3) is 4.07. The maximum Gasteiger partial charge on any atom is 0.311 e. The first-order valence-corrected chi connectivity index (χ1v) is 6.57. The Balaban J connectivity index is 2.99. The van der Waals surface area contributed by atoms with E-state index in [1.165, 1.54) is 25.8 Å². The second-order valence-electron chi connectivity index (χ2n) is 3.56. The van der Waals surface area contributed by atoms with Crippen LogP contribution in [-0.4, -0.2) is 18.2 Å². The van der Waals surface area contributed by atoms with Gasteiger partial charge >= 0.3 is 5.97 Å². The van der Waals surface area contributed by atoms with Gasteiger partial charge in [0.25, 0.3) is 0 Å². The van der Waals surface area contributed by atoms with Crippen LogP contribution in [0.5, 0.6) is 11.5 Å². The van der Waals surface area contributed by atoms with Crippen molar-refractivity contribution in [1.29, 1.82) is 0 Å². The number of benzene rings is 1. The zero-order chi connectivity index (χ0) is 13.5. The Hall–Kier alpha value is -1.49. The van der Waals surface area contributed by atoms with Crippen molar-refractivity contribution >= 4 is 22.8 Å². The lowest BCUT2D eigenvalue weighted by Gasteiger charge is -2.12. The molecule has 0 saturated heterocycles. The van der Waals surface area contributed by atoms with Gasteiger partial charge in [0.1, 0.15) is 0 Å². The van der Waals surface area contributed by atoms with Crippen LogP contribution in [0.25, 0.3) is 0 Å². The van der Waals surface area contributed by atoms with Crippen LogP contribution in [0.3, 0.4) is 0 Å². The average Bonchev–Trinajstić information content (AvgIpc) is 2.36. The highest BCUT2D eigenvalue weighted by molar-refractivity contribution is 8.12. The summed E-state index contributed by atoms with van der Waals surface area (Å²) in [5, 5.41) is 0.0191. The van der Waals surface area contributed by atoms with Crippen LogP contribution in [0.4, 0.5) is 0 Å². The van der Waals surface area contributed by atoms with E-state index in [0.717, 1.165) is 5.56 Å². The molecule has 0 radical (unpaired) electrons. The molecule has 0 fully saturated rings. The maximum absolute atomic E-state index is 11.4. The van der Waals surface area contributed by atoms with Crippen molar-refractivity contribution in [2.45, 2.75) is 26.0 Å². The molecule has 0 N–H and O–H groups in total. The zero-order valence-electron chi connectivity index (χ0n) is 10.7. The third-order valence-corrected chi connectivity index (χ3v) is 3.08. The topological polar surface area (TPSA) is 52.6 Å². The maximum atomic E-state index is 11.4. The van der Waals surface area contributed by atoms with Crippen molar-refractivity contribution in [2.24, 2.45) is 0 Å². The Labute approximate surface area is 111 Å². The molecule has 0 unspecified atom stereocenters. The Morgan fingerprint density at radius 2 is 2.06 bits per heavy atom. The quantitative estimate of drug-likeness (QED) is 0.607. The largest absolute Gasteiger partial charge is 0.493 e. The lowest BCUT2D eigenvalue weighted by atomic mass is 10.2. The molecule has 0 amide bonds. The van der Waals surface area contributed by atoms with Crippen LogP contribution in [0.15, 0.2) is 18.2 Å². The van der Waals surface area contributed by atoms with Crippen LogP contribution >= 0.6 is 11.8 Å². The molecular weight excluding hydrogens is 252 g/mol. The summed E-state index contributed by atoms with van der Waals surface area (Å²) in [6, 6.07) is 5.34. The van der Waals surface area contributed by atoms with E-state index in [9.17, 15) is 9.59 Å². The molecule has 0 spiro atoms. The molecule has 0 aliphatic rings. The highest BCUT2D eigenvalue weighted by Crippen LogP contribution is 2.33. The molecule has 0 heterocycles. The van der Waals surface area contributed by atoms with E-state index < -0.39 is 0 Å². The van der Waals surface area contributed by atoms with E-state index in [4.69, 9.17) is 9.47 Å². The summed E-state index contributed by atoms with van der Waals surface area (Å²) >= 11 is 1.17. The lowest BCUT2D eigenvalue weighted by Crippen LogP contribution is -2.08. The van der Waals surface area contributed by atoms with Gasteiger partial charge in [0.15, 0.2) is 16.6 Å². The molecule has 5 heteroatoms. The number of hydrogen-bond donors (Lipinski definition) is 0. The smallest absolute Gasteiger partial charge is 0.311 e. The molecular formula is C13H16O4S. The number of ether oxygens (including phenoxy) is 2. The Morgan fingerprint density at radius 3 is 2.61 bits per heavy atom. The molecule has 0 atom stereocenters. The number of methoxy groups -OCH3 is 1. The first-order valence-electron chi connectivity index (χ1n) is 5.58. The highest BCUT2D eigenvalue weighted by atomic mass is 32.2. The predicted octanol–water partition coefficient (Wildman–Crippen LogP) is 2.79. The molecule has 1 aromatic rings. The molecule has 1 rings (SSSR count). The van der Waals surface area contributed by atoms with E-state index in [0.29, 0.717) is 17.3 Å². The molecule has 0 bridgehead atoms. The molecule has 0 saturated carbocycles. The normalized spacial score (nSPS) is 9.94. The number of carbonyl (C=O) groups is 2. The van der Waals surface area contributed by atoms with Gasteiger partial charge in [0.05, 0.1) is 7.11 Å². The van der Waals surface area contributed by atoms with Crippen molar-refractivity contribution < 1.29 is 19.1 Å². The van der Waals surface area contributed by atoms with Crippen LogP contribution < -0.4 is 9.47 Å². The second-order valence-corrected chi connectivity index (χ2v) is 4.71. The summed E-state index contributed by atoms with van der Waals surface area (Å²) in [5.41, 5.74) is 0.774. The second kappa shape index (κ2) is 7.06. The van der Waals surface area contributed by atoms with Crippen LogP contribution in [0.1, 0.15) is 25.8 Å². The van der Waals surface area contributed by atoms with Crippen molar-refractivity contribution in [2.75, 3.05) is 7.11 Å². The summed E-state index contributed by atoms with van der Waals surface area (Å²) in [6.07, 6.45) is 0.289. The number of carbonyl (C=O) groups excluding carboxylic acids is 2. The zero-order valence-corrected chi connectivity index (χ0v) is 11.5. The molecule has 0 aliphatic heterocycles. The van der Waals surface area contributed by atoms with Gasteiger partial charge in [-0.05, 0) is 6.07 Å². The number of rotatable bonds is 5. The number of esters is 1. The van der Waals surface area contributed by atoms with Crippen molar-refractivity contribution in [3.05, 3.63) is 23.8 Å². The van der Waals surface area contributed by atoms with Gasteiger partial charge in [-0.15, -0.1) is 0 Å². The molecule has 18 heavy (non-hydrogen) atoms. The van der Waals surface area contributed by atoms with E-state index in [1.54, 1.807) is 19.1 Å². The van der Waals surface area contributed by atoms with Gasteiger partial charge in [-0.3, -0.25) is 9.59 Å². The number of hydrogen-bond acceptors (Lipinski definition) is 5. The summed E-state index contributed by atoms with van der Waals surface area (Å²) in [6.45, 7) is 3.23. The van der Waals surface area contributed by atoms with Gasteiger partial charge in [0, 0.05) is 24.7 Å². The Bertz CT molecular complexity index is 443. The minimum absolute atomic E-state index is 0.0191. The van der Waals surface area contributed by atoms with Crippen LogP contribution in [0.2, 0.25) is 0 Å². The standard InChI is InChI=1S/C13H16O4S/c1-4-12(15)17-13-10(8-18-9(2)14)6-5-7-11(13)16-3/h5-7H,4,8H2,1-3H3. The molecule has 98 valence electrons. The van der Waals surface area contributed by atoms with Gasteiger partial charge in [-0.2, -0.15) is 0 Å². The third-order valence-electron chi connectivity index (χ3n) is 2.22. The first kappa shape index (κ1) is 14.6. The minimum atomic E-state index is -0.325. The highest BCUT2D eigenvalue weighted by Gasteiger charge is 2.14. The monoisotopic (exact) mass is 268 g/mol. The molecule has 1 aromatic carbocycles. The summed E-state index contributed by atoms with van der Waals surface area (Å²) in [5.74, 6) is 1.03. The lowest BCUT2D eigenvalue weighted by molar-refractivity contribution is -0.134. The van der Waals surface area contributed by atoms with Crippen LogP contribution in [0, 0.1) is 0 Å². The Kier molecular flexibility index (Phi) is 5.71.